The Morgan fingerprint density at radius 3 is 2.16 bits per heavy atom. The highest BCUT2D eigenvalue weighted by Gasteiger charge is 2.71. The van der Waals surface area contributed by atoms with Gasteiger partial charge in [0.25, 0.3) is 0 Å². The summed E-state index contributed by atoms with van der Waals surface area (Å²) >= 11 is 0. The summed E-state index contributed by atoms with van der Waals surface area (Å²) in [4.78, 5) is 36.9. The maximum absolute atomic E-state index is 13.1. The van der Waals surface area contributed by atoms with E-state index in [9.17, 15) is 19.5 Å². The van der Waals surface area contributed by atoms with Crippen molar-refractivity contribution < 1.29 is 24.2 Å². The molecule has 5 aliphatic rings. The van der Waals surface area contributed by atoms with Crippen LogP contribution >= 0.6 is 0 Å². The van der Waals surface area contributed by atoms with E-state index in [0.29, 0.717) is 36.0 Å². The van der Waals surface area contributed by atoms with Crippen LogP contribution in [-0.2, 0) is 19.1 Å². The third-order valence-electron chi connectivity index (χ3n) is 15.2. The fraction of sp³-hybridized carbons (Fsp3) is 0.868. The van der Waals surface area contributed by atoms with Crippen molar-refractivity contribution in [2.45, 2.75) is 145 Å². The van der Waals surface area contributed by atoms with Crippen LogP contribution < -0.4 is 5.73 Å². The Morgan fingerprint density at radius 1 is 0.864 bits per heavy atom. The molecule has 6 nitrogen and oxygen atoms in total. The van der Waals surface area contributed by atoms with E-state index < -0.39 is 11.4 Å². The van der Waals surface area contributed by atoms with Gasteiger partial charge in [0.05, 0.1) is 12.8 Å². The van der Waals surface area contributed by atoms with E-state index in [2.05, 4.69) is 48.1 Å². The average Bonchev–Trinajstić information content (AvgIpc) is 3.24. The van der Waals surface area contributed by atoms with Gasteiger partial charge < -0.3 is 15.6 Å². The number of fused-ring (bicyclic) bond motifs is 7. The van der Waals surface area contributed by atoms with Crippen LogP contribution in [0.25, 0.3) is 0 Å². The number of carbonyl (C=O) groups excluding carboxylic acids is 2. The SMILES string of the molecule is C=C(C)[C@@H]1CC[C@]2(CC(N)=O)CC[C@]3(C)[C@H](CC[C@@H]4[C@@]5(C)CC[C@H](OC(=O)CC(C)(C)CC(=O)O)C(C)(C)[C@@H]5CC[C@]43C)[C@@H]12. The van der Waals surface area contributed by atoms with Gasteiger partial charge in [-0.2, -0.15) is 0 Å². The number of allylic oxidation sites excluding steroid dienone is 1. The largest absolute Gasteiger partial charge is 0.481 e. The lowest BCUT2D eigenvalue weighted by molar-refractivity contribution is -0.250. The number of nitrogens with two attached hydrogens (primary N) is 1. The van der Waals surface area contributed by atoms with E-state index in [-0.39, 0.29) is 57.9 Å². The molecule has 5 rings (SSSR count). The summed E-state index contributed by atoms with van der Waals surface area (Å²) in [7, 11) is 0. The van der Waals surface area contributed by atoms with Crippen molar-refractivity contribution in [1.29, 1.82) is 0 Å². The average molecular weight is 612 g/mol. The van der Waals surface area contributed by atoms with Crippen LogP contribution in [0, 0.1) is 62.1 Å². The van der Waals surface area contributed by atoms with Crippen molar-refractivity contribution in [3.05, 3.63) is 12.2 Å². The number of hydrogen-bond acceptors (Lipinski definition) is 4. The van der Waals surface area contributed by atoms with Crippen LogP contribution in [0.2, 0.25) is 0 Å². The molecule has 5 aliphatic carbocycles. The maximum atomic E-state index is 13.1. The molecule has 0 bridgehead atoms. The predicted molar refractivity (Wildman–Crippen MR) is 173 cm³/mol. The molecule has 5 saturated carbocycles. The van der Waals surface area contributed by atoms with Gasteiger partial charge in [0.1, 0.15) is 6.10 Å². The maximum Gasteiger partial charge on any atom is 0.306 e. The van der Waals surface area contributed by atoms with Gasteiger partial charge in [-0.05, 0) is 128 Å². The second-order valence-corrected chi connectivity index (χ2v) is 18.4. The lowest BCUT2D eigenvalue weighted by Gasteiger charge is -2.73. The molecular formula is C38H61NO5. The van der Waals surface area contributed by atoms with Crippen molar-refractivity contribution in [1.82, 2.24) is 0 Å². The van der Waals surface area contributed by atoms with Crippen molar-refractivity contribution in [3.63, 3.8) is 0 Å². The van der Waals surface area contributed by atoms with E-state index in [1.165, 1.54) is 31.3 Å². The summed E-state index contributed by atoms with van der Waals surface area (Å²) in [6.07, 6.45) is 11.6. The van der Waals surface area contributed by atoms with Crippen molar-refractivity contribution >= 4 is 17.8 Å². The highest BCUT2D eigenvalue weighted by molar-refractivity contribution is 5.75. The summed E-state index contributed by atoms with van der Waals surface area (Å²) in [5.41, 5.74) is 7.04. The Morgan fingerprint density at radius 2 is 1.55 bits per heavy atom. The van der Waals surface area contributed by atoms with Gasteiger partial charge in [-0.25, -0.2) is 0 Å². The first-order chi connectivity index (χ1) is 20.2. The van der Waals surface area contributed by atoms with Crippen LogP contribution in [-0.4, -0.2) is 29.1 Å². The molecule has 0 aromatic carbocycles. The monoisotopic (exact) mass is 611 g/mol. The first kappa shape index (κ1) is 33.5. The van der Waals surface area contributed by atoms with Gasteiger partial charge in [0.15, 0.2) is 0 Å². The summed E-state index contributed by atoms with van der Waals surface area (Å²) in [5.74, 6) is 1.33. The molecule has 0 heterocycles. The third-order valence-corrected chi connectivity index (χ3v) is 15.2. The first-order valence-electron chi connectivity index (χ1n) is 17.6. The number of esters is 1. The summed E-state index contributed by atoms with van der Waals surface area (Å²) in [6, 6.07) is 0. The summed E-state index contributed by atoms with van der Waals surface area (Å²) in [5, 5.41) is 9.28. The molecule has 10 atom stereocenters. The molecule has 5 fully saturated rings. The smallest absolute Gasteiger partial charge is 0.306 e. The Hall–Kier alpha value is -1.85. The van der Waals surface area contributed by atoms with Crippen LogP contribution in [0.3, 0.4) is 0 Å². The second kappa shape index (κ2) is 10.9. The molecule has 0 aromatic heterocycles. The molecule has 0 radical (unpaired) electrons. The van der Waals surface area contributed by atoms with Gasteiger partial charge >= 0.3 is 11.9 Å². The van der Waals surface area contributed by atoms with E-state index >= 15 is 0 Å². The zero-order valence-corrected chi connectivity index (χ0v) is 29.0. The standard InChI is InChI=1S/C38H61NO5/c1-23(2)24-12-17-38(20-29(39)40)19-18-36(8)25(32(24)38)10-11-27-35(7)15-14-28(34(5,6)26(35)13-16-37(27,36)9)44-31(43)22-33(3,4)21-30(41)42/h24-28,32H,1,10-22H2,2-9H3,(H2,39,40)(H,41,42)/t24-,25+,26-,27+,28-,32+,35-,36+,37+,38+/m0/s1. The van der Waals surface area contributed by atoms with Gasteiger partial charge in [-0.1, -0.05) is 60.6 Å². The summed E-state index contributed by atoms with van der Waals surface area (Å²) < 4.78 is 6.23. The van der Waals surface area contributed by atoms with Crippen LogP contribution in [0.5, 0.6) is 0 Å². The third kappa shape index (κ3) is 5.07. The van der Waals surface area contributed by atoms with Gasteiger partial charge in [0.2, 0.25) is 5.91 Å². The molecule has 0 aromatic rings. The molecule has 1 amide bonds. The number of rotatable bonds is 8. The minimum Gasteiger partial charge on any atom is -0.481 e. The number of hydrogen-bond donors (Lipinski definition) is 2. The quantitative estimate of drug-likeness (QED) is 0.212. The number of primary amides is 1. The molecule has 3 N–H and O–H groups in total. The molecule has 0 aliphatic heterocycles. The van der Waals surface area contributed by atoms with Crippen LogP contribution in [0.4, 0.5) is 0 Å². The molecule has 0 spiro atoms. The lowest BCUT2D eigenvalue weighted by Crippen LogP contribution is -2.67. The highest BCUT2D eigenvalue weighted by atomic mass is 16.5. The fourth-order valence-corrected chi connectivity index (χ4v) is 13.2. The van der Waals surface area contributed by atoms with E-state index in [4.69, 9.17) is 10.5 Å². The lowest BCUT2D eigenvalue weighted by atomic mass is 9.32. The van der Waals surface area contributed by atoms with Gasteiger partial charge in [-0.15, -0.1) is 0 Å². The molecule has 248 valence electrons. The Balaban J connectivity index is 1.40. The van der Waals surface area contributed by atoms with Crippen molar-refractivity contribution in [2.24, 2.45) is 67.8 Å². The fourth-order valence-electron chi connectivity index (χ4n) is 13.2. The minimum atomic E-state index is -0.884. The minimum absolute atomic E-state index is 0.0346. The molecule has 0 unspecified atom stereocenters. The topological polar surface area (TPSA) is 107 Å². The van der Waals surface area contributed by atoms with Gasteiger partial charge in [0, 0.05) is 11.8 Å². The van der Waals surface area contributed by atoms with Crippen molar-refractivity contribution in [3.8, 4) is 0 Å². The number of amides is 1. The Labute approximate surface area is 266 Å². The molecule has 44 heavy (non-hydrogen) atoms. The van der Waals surface area contributed by atoms with E-state index in [1.54, 1.807) is 0 Å². The molecular weight excluding hydrogens is 550 g/mol. The number of carboxylic acid groups (broad SMARTS) is 1. The Bertz CT molecular complexity index is 1210. The van der Waals surface area contributed by atoms with E-state index in [0.717, 1.165) is 38.5 Å². The number of aliphatic carboxylic acids is 1. The predicted octanol–water partition coefficient (Wildman–Crippen LogP) is 8.32. The van der Waals surface area contributed by atoms with Crippen LogP contribution in [0.1, 0.15) is 139 Å². The Kier molecular flexibility index (Phi) is 8.27. The molecule has 0 saturated heterocycles. The number of ether oxygens (including phenoxy) is 1. The second-order valence-electron chi connectivity index (χ2n) is 18.4. The highest BCUT2D eigenvalue weighted by Crippen LogP contribution is 2.78. The first-order valence-corrected chi connectivity index (χ1v) is 17.6. The van der Waals surface area contributed by atoms with E-state index in [1.807, 2.05) is 13.8 Å². The zero-order valence-electron chi connectivity index (χ0n) is 29.0. The van der Waals surface area contributed by atoms with Gasteiger partial charge in [-0.3, -0.25) is 14.4 Å². The van der Waals surface area contributed by atoms with Crippen molar-refractivity contribution in [2.75, 3.05) is 0 Å². The normalized spacial score (nSPS) is 44.4. The van der Waals surface area contributed by atoms with Crippen LogP contribution in [0.15, 0.2) is 12.2 Å². The summed E-state index contributed by atoms with van der Waals surface area (Å²) in [6.45, 7) is 22.8. The number of carboxylic acids is 1. The number of carbonyl (C=O) groups is 3. The molecule has 6 heteroatoms. The zero-order chi connectivity index (χ0) is 32.7.